The molecule has 2 aromatic rings. The van der Waals surface area contributed by atoms with Crippen LogP contribution in [0.15, 0.2) is 24.4 Å². The molecule has 2 N–H and O–H groups in total. The second-order valence-electron chi connectivity index (χ2n) is 4.71. The second kappa shape index (κ2) is 7.35. The molecule has 0 saturated carbocycles. The van der Waals surface area contributed by atoms with Crippen molar-refractivity contribution in [2.24, 2.45) is 7.05 Å². The van der Waals surface area contributed by atoms with E-state index in [0.29, 0.717) is 0 Å². The van der Waals surface area contributed by atoms with Crippen molar-refractivity contribution in [2.75, 3.05) is 5.32 Å². The van der Waals surface area contributed by atoms with Crippen LogP contribution in [0.25, 0.3) is 0 Å². The number of carboxylic acids is 1. The van der Waals surface area contributed by atoms with Crippen molar-refractivity contribution >= 4 is 23.3 Å². The summed E-state index contributed by atoms with van der Waals surface area (Å²) in [6, 6.07) is 4.76. The van der Waals surface area contributed by atoms with Crippen LogP contribution in [0.3, 0.4) is 0 Å². The van der Waals surface area contributed by atoms with Crippen LogP contribution in [-0.2, 0) is 11.8 Å². The van der Waals surface area contributed by atoms with Crippen LogP contribution in [-0.4, -0.2) is 27.3 Å². The maximum atomic E-state index is 14.2. The van der Waals surface area contributed by atoms with E-state index < -0.39 is 40.6 Å². The monoisotopic (exact) mass is 349 g/mol. The third-order valence-electron chi connectivity index (χ3n) is 3.12. The molecule has 1 aromatic heterocycles. The quantitative estimate of drug-likeness (QED) is 0.650. The highest BCUT2D eigenvalue weighted by Gasteiger charge is 2.27. The lowest BCUT2D eigenvalue weighted by molar-refractivity contribution is -0.131. The van der Waals surface area contributed by atoms with Gasteiger partial charge in [0.2, 0.25) is 0 Å². The summed E-state index contributed by atoms with van der Waals surface area (Å²) in [5, 5.41) is 19.6. The Bertz CT molecular complexity index is 913. The first-order valence-corrected chi connectivity index (χ1v) is 6.39. The molecular formula is C16H13F2N3O4. The number of nitrogens with zero attached hydrogens (tertiary/aromatic N) is 2. The lowest BCUT2D eigenvalue weighted by Crippen LogP contribution is -2.18. The maximum Gasteiger partial charge on any atom is 0.377 e. The number of aromatic nitrogens is 1. The Kier molecular flexibility index (Phi) is 5.74. The zero-order chi connectivity index (χ0) is 18.0. The van der Waals surface area contributed by atoms with Crippen molar-refractivity contribution in [3.05, 3.63) is 52.9 Å². The summed E-state index contributed by atoms with van der Waals surface area (Å²) >= 11 is 0. The van der Waals surface area contributed by atoms with Crippen LogP contribution in [0.2, 0.25) is 0 Å². The van der Waals surface area contributed by atoms with Crippen LogP contribution < -0.4 is 5.32 Å². The summed E-state index contributed by atoms with van der Waals surface area (Å²) < 4.78 is 28.4. The molecule has 7 nitrogen and oxygen atoms in total. The number of aryl methyl sites for hydroxylation is 1. The Morgan fingerprint density at radius 1 is 1.28 bits per heavy atom. The number of anilines is 1. The molecule has 0 aliphatic carbocycles. The minimum Gasteiger partial charge on any atom is -0.475 e. The second-order valence-corrected chi connectivity index (χ2v) is 4.71. The number of carboxylic acid groups (broad SMARTS) is 1. The normalized spacial score (nSPS) is 9.68. The third-order valence-corrected chi connectivity index (χ3v) is 3.12. The molecule has 1 amide bonds. The number of hydrogen-bond donors (Lipinski definition) is 2. The fourth-order valence-corrected chi connectivity index (χ4v) is 2.01. The molecule has 1 heterocycles. The van der Waals surface area contributed by atoms with Gasteiger partial charge in [-0.25, -0.2) is 13.6 Å². The number of nitriles is 1. The van der Waals surface area contributed by atoms with E-state index >= 15 is 0 Å². The van der Waals surface area contributed by atoms with Crippen LogP contribution in [0.5, 0.6) is 0 Å². The number of Topliss-reactive ketones (excluding diaryl/α,β-unsaturated/α-hetero) is 1. The van der Waals surface area contributed by atoms with Crippen LogP contribution in [0.4, 0.5) is 14.5 Å². The molecule has 0 saturated heterocycles. The molecule has 0 aliphatic rings. The van der Waals surface area contributed by atoms with Crippen LogP contribution >= 0.6 is 0 Å². The van der Waals surface area contributed by atoms with Crippen LogP contribution in [0.1, 0.15) is 33.8 Å². The first-order chi connectivity index (χ1) is 11.3. The van der Waals surface area contributed by atoms with Crippen LogP contribution in [0, 0.1) is 23.0 Å². The van der Waals surface area contributed by atoms with E-state index in [1.807, 2.05) is 0 Å². The number of carbonyl (C=O) groups excluding carboxylic acids is 2. The van der Waals surface area contributed by atoms with Crippen molar-refractivity contribution in [2.45, 2.75) is 7.43 Å². The largest absolute Gasteiger partial charge is 0.475 e. The average molecular weight is 349 g/mol. The summed E-state index contributed by atoms with van der Waals surface area (Å²) in [7, 11) is 1.25. The summed E-state index contributed by atoms with van der Waals surface area (Å²) in [5.74, 6) is -6.41. The Labute approximate surface area is 141 Å². The van der Waals surface area contributed by atoms with E-state index in [1.54, 1.807) is 6.07 Å². The Morgan fingerprint density at radius 2 is 1.92 bits per heavy atom. The smallest absolute Gasteiger partial charge is 0.377 e. The van der Waals surface area contributed by atoms with Crippen molar-refractivity contribution in [1.29, 1.82) is 5.26 Å². The lowest BCUT2D eigenvalue weighted by atomic mass is 10.2. The summed E-state index contributed by atoms with van der Waals surface area (Å²) in [6.45, 7) is 0. The van der Waals surface area contributed by atoms with E-state index in [2.05, 4.69) is 5.32 Å². The highest BCUT2D eigenvalue weighted by Crippen LogP contribution is 2.19. The molecule has 9 heteroatoms. The molecule has 0 aliphatic heterocycles. The summed E-state index contributed by atoms with van der Waals surface area (Å²) in [5.41, 5.74) is -1.62. The van der Waals surface area contributed by atoms with E-state index in [-0.39, 0.29) is 18.7 Å². The number of halogens is 2. The molecule has 25 heavy (non-hydrogen) atoms. The molecular weight excluding hydrogens is 336 g/mol. The summed E-state index contributed by atoms with van der Waals surface area (Å²) in [6.07, 6.45) is 0.881. The molecule has 2 rings (SSSR count). The van der Waals surface area contributed by atoms with Gasteiger partial charge in [-0.05, 0) is 18.2 Å². The van der Waals surface area contributed by atoms with Gasteiger partial charge in [-0.1, -0.05) is 7.43 Å². The maximum absolute atomic E-state index is 14.2. The summed E-state index contributed by atoms with van der Waals surface area (Å²) in [4.78, 5) is 34.2. The first-order valence-electron chi connectivity index (χ1n) is 6.39. The van der Waals surface area contributed by atoms with Gasteiger partial charge in [0.15, 0.2) is 5.82 Å². The van der Waals surface area contributed by atoms with Crippen molar-refractivity contribution in [3.8, 4) is 6.07 Å². The highest BCUT2D eigenvalue weighted by atomic mass is 19.1. The number of rotatable bonds is 4. The molecule has 0 atom stereocenters. The molecule has 130 valence electrons. The Morgan fingerprint density at radius 3 is 2.48 bits per heavy atom. The van der Waals surface area contributed by atoms with Gasteiger partial charge in [-0.3, -0.25) is 9.59 Å². The van der Waals surface area contributed by atoms with Crippen molar-refractivity contribution < 1.29 is 28.3 Å². The number of ketones is 1. The minimum absolute atomic E-state index is 0. The van der Waals surface area contributed by atoms with Crippen molar-refractivity contribution in [3.63, 3.8) is 0 Å². The zero-order valence-electron chi connectivity index (χ0n) is 12.1. The number of hydrogen-bond acceptors (Lipinski definition) is 4. The Balaban J connectivity index is 0.00000312. The third kappa shape index (κ3) is 3.69. The molecule has 0 bridgehead atoms. The minimum atomic E-state index is -1.86. The Hall–Kier alpha value is -3.54. The topological polar surface area (TPSA) is 112 Å². The van der Waals surface area contributed by atoms with Crippen molar-refractivity contribution in [1.82, 2.24) is 4.57 Å². The number of benzene rings is 1. The van der Waals surface area contributed by atoms with Gasteiger partial charge < -0.3 is 15.0 Å². The standard InChI is InChI=1S/C15H9F2N3O4.CH4/c1-20-6-9(13(21)15(23)24)11(17)12(20)14(22)19-8-2-3-10(16)7(4-8)5-18;/h2-4,6H,1H3,(H,19,22)(H,23,24);1H4. The lowest BCUT2D eigenvalue weighted by Gasteiger charge is -2.07. The van der Waals surface area contributed by atoms with Gasteiger partial charge in [0.1, 0.15) is 17.6 Å². The molecule has 0 unspecified atom stereocenters. The predicted molar refractivity (Wildman–Crippen MR) is 83.1 cm³/mol. The fourth-order valence-electron chi connectivity index (χ4n) is 2.01. The number of aliphatic carboxylic acids is 1. The number of amides is 1. The van der Waals surface area contributed by atoms with E-state index in [0.717, 1.165) is 29.0 Å². The SMILES string of the molecule is C.Cn1cc(C(=O)C(=O)O)c(F)c1C(=O)Nc1ccc(F)c(C#N)c1. The van der Waals surface area contributed by atoms with Gasteiger partial charge in [0.25, 0.3) is 11.7 Å². The number of carbonyl (C=O) groups is 3. The molecule has 0 spiro atoms. The van der Waals surface area contributed by atoms with Gasteiger partial charge in [0, 0.05) is 18.9 Å². The van der Waals surface area contributed by atoms with E-state index in [9.17, 15) is 23.2 Å². The van der Waals surface area contributed by atoms with Gasteiger partial charge in [-0.15, -0.1) is 0 Å². The van der Waals surface area contributed by atoms with Gasteiger partial charge in [0.05, 0.1) is 11.1 Å². The predicted octanol–water partition coefficient (Wildman–Crippen LogP) is 2.33. The van der Waals surface area contributed by atoms with Gasteiger partial charge >= 0.3 is 5.97 Å². The fraction of sp³-hybridized carbons (Fsp3) is 0.125. The average Bonchev–Trinajstić information content (AvgIpc) is 2.82. The number of nitrogens with one attached hydrogen (secondary N) is 1. The van der Waals surface area contributed by atoms with E-state index in [4.69, 9.17) is 10.4 Å². The molecule has 1 aromatic carbocycles. The highest BCUT2D eigenvalue weighted by molar-refractivity contribution is 6.40. The van der Waals surface area contributed by atoms with E-state index in [1.165, 1.54) is 7.05 Å². The molecule has 0 fully saturated rings. The van der Waals surface area contributed by atoms with Gasteiger partial charge in [-0.2, -0.15) is 5.26 Å². The first kappa shape index (κ1) is 19.5. The zero-order valence-corrected chi connectivity index (χ0v) is 12.1. The molecule has 0 radical (unpaired) electrons.